The van der Waals surface area contributed by atoms with E-state index in [1.165, 1.54) is 12.3 Å². The lowest BCUT2D eigenvalue weighted by Crippen LogP contribution is -2.35. The monoisotopic (exact) mass is 302 g/mol. The zero-order chi connectivity index (χ0) is 15.9. The number of benzene rings is 1. The first-order valence-electron chi connectivity index (χ1n) is 6.67. The Bertz CT molecular complexity index is 638. The molecule has 1 heterocycles. The van der Waals surface area contributed by atoms with Crippen molar-refractivity contribution in [3.63, 3.8) is 0 Å². The van der Waals surface area contributed by atoms with Gasteiger partial charge in [0, 0.05) is 13.3 Å². The zero-order valence-electron chi connectivity index (χ0n) is 12.1. The van der Waals surface area contributed by atoms with Crippen LogP contribution in [0.4, 0.5) is 11.4 Å². The normalized spacial score (nSPS) is 18.7. The second kappa shape index (κ2) is 7.23. The fourth-order valence-corrected chi connectivity index (χ4v) is 1.91. The molecule has 8 heteroatoms. The Morgan fingerprint density at radius 3 is 2.82 bits per heavy atom. The first-order valence-corrected chi connectivity index (χ1v) is 6.67. The summed E-state index contributed by atoms with van der Waals surface area (Å²) >= 11 is 0. The number of hydrogen-bond acceptors (Lipinski definition) is 7. The van der Waals surface area contributed by atoms with E-state index in [4.69, 9.17) is 10.9 Å². The molecule has 1 aliphatic heterocycles. The van der Waals surface area contributed by atoms with Crippen LogP contribution in [0.15, 0.2) is 46.2 Å². The van der Waals surface area contributed by atoms with Gasteiger partial charge in [0.15, 0.2) is 0 Å². The molecule has 0 radical (unpaired) electrons. The molecule has 0 saturated heterocycles. The van der Waals surface area contributed by atoms with Gasteiger partial charge >= 0.3 is 0 Å². The third kappa shape index (κ3) is 3.83. The second-order valence-corrected chi connectivity index (χ2v) is 4.54. The molecule has 0 fully saturated rings. The molecule has 1 aromatic carbocycles. The number of allylic oxidation sites excluding steroid dienone is 1. The van der Waals surface area contributed by atoms with Crippen LogP contribution in [0.2, 0.25) is 0 Å². The van der Waals surface area contributed by atoms with Crippen LogP contribution in [0.25, 0.3) is 0 Å². The number of hydrogen-bond donors (Lipinski definition) is 5. The first kappa shape index (κ1) is 15.5. The average Bonchev–Trinajstić information content (AvgIpc) is 2.55. The Morgan fingerprint density at radius 1 is 1.41 bits per heavy atom. The summed E-state index contributed by atoms with van der Waals surface area (Å²) in [6.07, 6.45) is 2.18. The van der Waals surface area contributed by atoms with Crippen molar-refractivity contribution < 1.29 is 10.0 Å². The highest BCUT2D eigenvalue weighted by atomic mass is 16.4. The van der Waals surface area contributed by atoms with Crippen molar-refractivity contribution >= 4 is 29.2 Å². The molecule has 8 nitrogen and oxygen atoms in total. The predicted molar refractivity (Wildman–Crippen MR) is 86.4 cm³/mol. The maximum atomic E-state index is 11.9. The van der Waals surface area contributed by atoms with Crippen molar-refractivity contribution in [1.29, 1.82) is 0 Å². The Labute approximate surface area is 127 Å². The Kier molecular flexibility index (Phi) is 5.10. The van der Waals surface area contributed by atoms with E-state index < -0.39 is 6.17 Å². The van der Waals surface area contributed by atoms with Gasteiger partial charge in [-0.3, -0.25) is 9.79 Å². The molecule has 0 spiro atoms. The molecule has 6 N–H and O–H groups in total. The van der Waals surface area contributed by atoms with E-state index in [2.05, 4.69) is 26.1 Å². The van der Waals surface area contributed by atoms with E-state index in [9.17, 15) is 4.79 Å². The number of aliphatic imine (C=N–C) groups is 1. The molecule has 1 unspecified atom stereocenters. The molecule has 1 aliphatic rings. The van der Waals surface area contributed by atoms with Crippen molar-refractivity contribution in [1.82, 2.24) is 5.32 Å². The highest BCUT2D eigenvalue weighted by Gasteiger charge is 2.14. The quantitative estimate of drug-likeness (QED) is 0.396. The summed E-state index contributed by atoms with van der Waals surface area (Å²) in [6, 6.07) is 7.56. The lowest BCUT2D eigenvalue weighted by Gasteiger charge is -2.15. The number of dihydropyridines is 1. The summed E-state index contributed by atoms with van der Waals surface area (Å²) in [5.74, 6) is -0.253. The van der Waals surface area contributed by atoms with Gasteiger partial charge in [0.1, 0.15) is 11.9 Å². The molecule has 116 valence electrons. The van der Waals surface area contributed by atoms with Crippen molar-refractivity contribution in [3.8, 4) is 0 Å². The molecule has 1 aromatic rings. The second-order valence-electron chi connectivity index (χ2n) is 4.54. The van der Waals surface area contributed by atoms with Crippen LogP contribution in [0.5, 0.6) is 0 Å². The summed E-state index contributed by atoms with van der Waals surface area (Å²) in [5, 5.41) is 20.5. The third-order valence-corrected chi connectivity index (χ3v) is 3.02. The van der Waals surface area contributed by atoms with Gasteiger partial charge in [-0.1, -0.05) is 17.3 Å². The molecule has 0 bridgehead atoms. The first-order chi connectivity index (χ1) is 10.6. The molecule has 2 rings (SSSR count). The van der Waals surface area contributed by atoms with Crippen LogP contribution < -0.4 is 21.7 Å². The standard InChI is InChI=1S/C14H18N6O2/c1-16-10-4-2-3-5-11(10)17-8-13(21)19-9-6-12(20-22)14(15)18-7-9/h2-7,14,16-17,22H,8,15H2,1H3,(H,19,21). The highest BCUT2D eigenvalue weighted by molar-refractivity contribution is 6.07. The predicted octanol–water partition coefficient (Wildman–Crippen LogP) is 0.340. The van der Waals surface area contributed by atoms with Crippen LogP contribution >= 0.6 is 0 Å². The molecule has 1 amide bonds. The number of nitrogens with zero attached hydrogens (tertiary/aromatic N) is 2. The van der Waals surface area contributed by atoms with Gasteiger partial charge in [0.05, 0.1) is 23.6 Å². The zero-order valence-corrected chi connectivity index (χ0v) is 12.1. The number of anilines is 2. The number of carbonyl (C=O) groups is 1. The molecule has 0 saturated carbocycles. The minimum Gasteiger partial charge on any atom is -0.411 e. The van der Waals surface area contributed by atoms with E-state index >= 15 is 0 Å². The van der Waals surface area contributed by atoms with E-state index in [-0.39, 0.29) is 18.2 Å². The maximum Gasteiger partial charge on any atom is 0.243 e. The van der Waals surface area contributed by atoms with Crippen LogP contribution in [0.3, 0.4) is 0 Å². The summed E-state index contributed by atoms with van der Waals surface area (Å²) in [4.78, 5) is 15.8. The number of carbonyl (C=O) groups excluding carboxylic acids is 1. The summed E-state index contributed by atoms with van der Waals surface area (Å²) < 4.78 is 0. The van der Waals surface area contributed by atoms with Gasteiger partial charge in [-0.05, 0) is 18.2 Å². The summed E-state index contributed by atoms with van der Waals surface area (Å²) in [5.41, 5.74) is 7.91. The number of nitrogens with two attached hydrogens (primary N) is 1. The van der Waals surface area contributed by atoms with Gasteiger partial charge in [-0.15, -0.1) is 0 Å². The van der Waals surface area contributed by atoms with Crippen LogP contribution in [0, 0.1) is 0 Å². The third-order valence-electron chi connectivity index (χ3n) is 3.02. The topological polar surface area (TPSA) is 124 Å². The molecule has 22 heavy (non-hydrogen) atoms. The van der Waals surface area contributed by atoms with Crippen molar-refractivity contribution in [2.75, 3.05) is 24.2 Å². The molecule has 1 atom stereocenters. The van der Waals surface area contributed by atoms with Gasteiger partial charge in [0.25, 0.3) is 0 Å². The van der Waals surface area contributed by atoms with Gasteiger partial charge in [0.2, 0.25) is 5.91 Å². The fourth-order valence-electron chi connectivity index (χ4n) is 1.91. The van der Waals surface area contributed by atoms with Crippen LogP contribution in [0.1, 0.15) is 0 Å². The lowest BCUT2D eigenvalue weighted by atomic mass is 10.2. The van der Waals surface area contributed by atoms with E-state index in [1.54, 1.807) is 0 Å². The molecule has 0 aromatic heterocycles. The number of para-hydroxylation sites is 2. The summed E-state index contributed by atoms with van der Waals surface area (Å²) in [7, 11) is 1.81. The number of rotatable bonds is 5. The van der Waals surface area contributed by atoms with Crippen molar-refractivity contribution in [2.24, 2.45) is 15.9 Å². The highest BCUT2D eigenvalue weighted by Crippen LogP contribution is 2.19. The molecular formula is C14H18N6O2. The minimum absolute atomic E-state index is 0.0848. The van der Waals surface area contributed by atoms with E-state index in [1.807, 2.05) is 31.3 Å². The summed E-state index contributed by atoms with van der Waals surface area (Å²) in [6.45, 7) is 0.0848. The molecule has 0 aliphatic carbocycles. The van der Waals surface area contributed by atoms with Crippen molar-refractivity contribution in [2.45, 2.75) is 6.17 Å². The smallest absolute Gasteiger partial charge is 0.243 e. The number of oxime groups is 1. The maximum absolute atomic E-state index is 11.9. The molecular weight excluding hydrogens is 284 g/mol. The number of amides is 1. The number of nitrogens with one attached hydrogen (secondary N) is 3. The van der Waals surface area contributed by atoms with Crippen molar-refractivity contribution in [3.05, 3.63) is 36.0 Å². The van der Waals surface area contributed by atoms with E-state index in [0.717, 1.165) is 11.4 Å². The SMILES string of the molecule is CNc1ccccc1NCC(=O)NC1=CC(=NO)C(N)N=C1. The average molecular weight is 302 g/mol. The Morgan fingerprint density at radius 2 is 2.14 bits per heavy atom. The lowest BCUT2D eigenvalue weighted by molar-refractivity contribution is -0.118. The largest absolute Gasteiger partial charge is 0.411 e. The van der Waals surface area contributed by atoms with E-state index in [0.29, 0.717) is 5.70 Å². The Hall–Kier alpha value is -2.87. The van der Waals surface area contributed by atoms with Crippen LogP contribution in [-0.2, 0) is 4.79 Å². The minimum atomic E-state index is -0.716. The van der Waals surface area contributed by atoms with Gasteiger partial charge < -0.3 is 26.9 Å². The fraction of sp³-hybridized carbons (Fsp3) is 0.214. The Balaban J connectivity index is 1.93. The van der Waals surface area contributed by atoms with Gasteiger partial charge in [-0.25, -0.2) is 0 Å². The van der Waals surface area contributed by atoms with Gasteiger partial charge in [-0.2, -0.15) is 0 Å². The van der Waals surface area contributed by atoms with Crippen LogP contribution in [-0.4, -0.2) is 42.8 Å².